The van der Waals surface area contributed by atoms with Gasteiger partial charge in [-0.05, 0) is 54.2 Å². The monoisotopic (exact) mass is 536 g/mol. The number of hydrogen-bond acceptors (Lipinski definition) is 2. The molecule has 1 atom stereocenters. The normalized spacial score (nSPS) is 14.6. The fourth-order valence-corrected chi connectivity index (χ4v) is 5.33. The highest BCUT2D eigenvalue weighted by Crippen LogP contribution is 2.22. The van der Waals surface area contributed by atoms with Crippen molar-refractivity contribution in [3.8, 4) is 0 Å². The Labute approximate surface area is 230 Å². The number of carbonyl (C=O) groups is 2. The Morgan fingerprint density at radius 1 is 0.838 bits per heavy atom. The van der Waals surface area contributed by atoms with Crippen molar-refractivity contribution in [2.24, 2.45) is 0 Å². The van der Waals surface area contributed by atoms with Crippen molar-refractivity contribution in [3.63, 3.8) is 0 Å². The van der Waals surface area contributed by atoms with E-state index in [0.717, 1.165) is 42.4 Å². The van der Waals surface area contributed by atoms with E-state index in [9.17, 15) is 9.59 Å². The topological polar surface area (TPSA) is 49.4 Å². The van der Waals surface area contributed by atoms with Gasteiger partial charge in [-0.1, -0.05) is 103 Å². The zero-order valence-corrected chi connectivity index (χ0v) is 22.6. The largest absolute Gasteiger partial charge is 0.352 e. The molecule has 0 saturated heterocycles. The molecule has 0 spiro atoms. The van der Waals surface area contributed by atoms with Crippen molar-refractivity contribution in [2.45, 2.75) is 70.0 Å². The minimum atomic E-state index is -0.626. The van der Waals surface area contributed by atoms with E-state index in [1.165, 1.54) is 6.42 Å². The summed E-state index contributed by atoms with van der Waals surface area (Å²) in [7, 11) is 0. The number of carbonyl (C=O) groups excluding carboxylic acids is 2. The highest BCUT2D eigenvalue weighted by molar-refractivity contribution is 6.31. The molecule has 3 aromatic carbocycles. The first kappa shape index (κ1) is 27.2. The summed E-state index contributed by atoms with van der Waals surface area (Å²) in [5.74, 6) is -0.162. The van der Waals surface area contributed by atoms with Crippen LogP contribution in [0.3, 0.4) is 0 Å². The second-order valence-corrected chi connectivity index (χ2v) is 10.6. The van der Waals surface area contributed by atoms with Gasteiger partial charge in [-0.15, -0.1) is 0 Å². The molecule has 1 N–H and O–H groups in total. The number of halogens is 2. The van der Waals surface area contributed by atoms with Crippen LogP contribution < -0.4 is 5.32 Å². The summed E-state index contributed by atoms with van der Waals surface area (Å²) in [5.41, 5.74) is 2.88. The van der Waals surface area contributed by atoms with Gasteiger partial charge in [-0.3, -0.25) is 9.59 Å². The highest BCUT2D eigenvalue weighted by atomic mass is 35.5. The van der Waals surface area contributed by atoms with Gasteiger partial charge in [0.25, 0.3) is 0 Å². The van der Waals surface area contributed by atoms with Crippen LogP contribution in [0.1, 0.15) is 55.2 Å². The van der Waals surface area contributed by atoms with Crippen molar-refractivity contribution in [3.05, 3.63) is 106 Å². The lowest BCUT2D eigenvalue weighted by Crippen LogP contribution is -2.52. The molecule has 1 aliphatic carbocycles. The lowest BCUT2D eigenvalue weighted by atomic mass is 9.94. The van der Waals surface area contributed by atoms with Gasteiger partial charge in [-0.25, -0.2) is 0 Å². The Morgan fingerprint density at radius 3 is 2.22 bits per heavy atom. The van der Waals surface area contributed by atoms with E-state index in [2.05, 4.69) is 5.32 Å². The molecule has 0 bridgehead atoms. The SMILES string of the molecule is O=C(NC1CCCCC1)[C@@H](Cc1ccccc1)N(Cc1ccc(Cl)cc1)C(=O)CCc1ccccc1Cl. The van der Waals surface area contributed by atoms with Gasteiger partial charge in [0.1, 0.15) is 6.04 Å². The maximum atomic E-state index is 13.8. The minimum Gasteiger partial charge on any atom is -0.352 e. The van der Waals surface area contributed by atoms with Crippen molar-refractivity contribution >= 4 is 35.0 Å². The van der Waals surface area contributed by atoms with E-state index in [1.54, 1.807) is 4.90 Å². The number of nitrogens with one attached hydrogen (secondary N) is 1. The number of benzene rings is 3. The van der Waals surface area contributed by atoms with Gasteiger partial charge in [0, 0.05) is 35.5 Å². The number of nitrogens with zero attached hydrogens (tertiary/aromatic N) is 1. The van der Waals surface area contributed by atoms with Crippen molar-refractivity contribution in [1.82, 2.24) is 10.2 Å². The number of amides is 2. The molecule has 1 aliphatic rings. The fourth-order valence-electron chi connectivity index (χ4n) is 4.97. The second-order valence-electron chi connectivity index (χ2n) is 9.79. The smallest absolute Gasteiger partial charge is 0.243 e. The number of aryl methyl sites for hydroxylation is 1. The molecule has 6 heteroatoms. The van der Waals surface area contributed by atoms with Crippen LogP contribution in [-0.4, -0.2) is 28.8 Å². The Bertz CT molecular complexity index is 1160. The summed E-state index contributed by atoms with van der Waals surface area (Å²) in [6.45, 7) is 0.327. The third kappa shape index (κ3) is 8.08. The third-order valence-corrected chi connectivity index (χ3v) is 7.68. The quantitative estimate of drug-likeness (QED) is 0.302. The van der Waals surface area contributed by atoms with Crippen LogP contribution in [0.4, 0.5) is 0 Å². The second kappa shape index (κ2) is 13.6. The molecule has 0 heterocycles. The molecule has 2 amide bonds. The Kier molecular flexibility index (Phi) is 10.0. The highest BCUT2D eigenvalue weighted by Gasteiger charge is 2.31. The molecule has 4 rings (SSSR count). The average molecular weight is 538 g/mol. The summed E-state index contributed by atoms with van der Waals surface area (Å²) >= 11 is 12.5. The van der Waals surface area contributed by atoms with E-state index in [0.29, 0.717) is 29.4 Å². The standard InChI is InChI=1S/C31H34Cl2N2O2/c32-26-18-15-24(16-19-26)22-35(30(36)20-17-25-11-7-8-14-28(25)33)29(21-23-9-3-1-4-10-23)31(37)34-27-12-5-2-6-13-27/h1,3-4,7-11,14-16,18-19,27,29H,2,5-6,12-13,17,20-22H2,(H,34,37)/t29-/m1/s1. The number of hydrogen-bond donors (Lipinski definition) is 1. The maximum absolute atomic E-state index is 13.8. The summed E-state index contributed by atoms with van der Waals surface area (Å²) in [4.78, 5) is 29.3. The van der Waals surface area contributed by atoms with Gasteiger partial charge in [-0.2, -0.15) is 0 Å². The summed E-state index contributed by atoms with van der Waals surface area (Å²) in [5, 5.41) is 4.56. The van der Waals surface area contributed by atoms with E-state index in [1.807, 2.05) is 78.9 Å². The van der Waals surface area contributed by atoms with Gasteiger partial charge in [0.2, 0.25) is 11.8 Å². The first-order valence-electron chi connectivity index (χ1n) is 13.1. The van der Waals surface area contributed by atoms with Crippen LogP contribution in [0.5, 0.6) is 0 Å². The first-order valence-corrected chi connectivity index (χ1v) is 13.9. The Balaban J connectivity index is 1.61. The van der Waals surface area contributed by atoms with Crippen LogP contribution in [0, 0.1) is 0 Å². The predicted octanol–water partition coefficient (Wildman–Crippen LogP) is 7.02. The predicted molar refractivity (Wildman–Crippen MR) is 151 cm³/mol. The first-order chi connectivity index (χ1) is 18.0. The molecular formula is C31H34Cl2N2O2. The van der Waals surface area contributed by atoms with Crippen molar-refractivity contribution < 1.29 is 9.59 Å². The fraction of sp³-hybridized carbons (Fsp3) is 0.355. The molecule has 0 aliphatic heterocycles. The van der Waals surface area contributed by atoms with Gasteiger partial charge in [0.15, 0.2) is 0 Å². The van der Waals surface area contributed by atoms with Gasteiger partial charge >= 0.3 is 0 Å². The molecular weight excluding hydrogens is 503 g/mol. The van der Waals surface area contributed by atoms with E-state index in [4.69, 9.17) is 23.2 Å². The summed E-state index contributed by atoms with van der Waals surface area (Å²) in [6.07, 6.45) is 6.66. The average Bonchev–Trinajstić information content (AvgIpc) is 2.92. The molecule has 194 valence electrons. The van der Waals surface area contributed by atoms with Gasteiger partial charge < -0.3 is 10.2 Å². The maximum Gasteiger partial charge on any atom is 0.243 e. The lowest BCUT2D eigenvalue weighted by Gasteiger charge is -2.33. The van der Waals surface area contributed by atoms with E-state index >= 15 is 0 Å². The molecule has 0 unspecified atom stereocenters. The molecule has 4 nitrogen and oxygen atoms in total. The van der Waals surface area contributed by atoms with Crippen LogP contribution in [0.15, 0.2) is 78.9 Å². The van der Waals surface area contributed by atoms with E-state index < -0.39 is 6.04 Å². The van der Waals surface area contributed by atoms with Crippen LogP contribution >= 0.6 is 23.2 Å². The number of rotatable bonds is 10. The molecule has 3 aromatic rings. The van der Waals surface area contributed by atoms with Crippen LogP contribution in [-0.2, 0) is 29.0 Å². The zero-order chi connectivity index (χ0) is 26.0. The van der Waals surface area contributed by atoms with Crippen molar-refractivity contribution in [1.29, 1.82) is 0 Å². The Morgan fingerprint density at radius 2 is 1.51 bits per heavy atom. The lowest BCUT2D eigenvalue weighted by molar-refractivity contribution is -0.141. The van der Waals surface area contributed by atoms with Gasteiger partial charge in [0.05, 0.1) is 0 Å². The Hall–Kier alpha value is -2.82. The molecule has 0 aromatic heterocycles. The van der Waals surface area contributed by atoms with Crippen molar-refractivity contribution in [2.75, 3.05) is 0 Å². The summed E-state index contributed by atoms with van der Waals surface area (Å²) in [6, 6.07) is 24.5. The molecule has 0 radical (unpaired) electrons. The van der Waals surface area contributed by atoms with Crippen LogP contribution in [0.25, 0.3) is 0 Å². The van der Waals surface area contributed by atoms with E-state index in [-0.39, 0.29) is 24.3 Å². The zero-order valence-electron chi connectivity index (χ0n) is 21.0. The molecule has 37 heavy (non-hydrogen) atoms. The molecule has 1 saturated carbocycles. The third-order valence-electron chi connectivity index (χ3n) is 7.05. The summed E-state index contributed by atoms with van der Waals surface area (Å²) < 4.78 is 0. The van der Waals surface area contributed by atoms with Crippen LogP contribution in [0.2, 0.25) is 10.0 Å². The molecule has 1 fully saturated rings. The minimum absolute atomic E-state index is 0.0744.